The quantitative estimate of drug-likeness (QED) is 0.269. The first-order valence-corrected chi connectivity index (χ1v) is 18.8. The highest BCUT2D eigenvalue weighted by Gasteiger charge is 2.67. The second-order valence-electron chi connectivity index (χ2n) is 15.8. The smallest absolute Gasteiger partial charge is 0.200 e. The molecule has 0 saturated heterocycles. The minimum absolute atomic E-state index is 0.00608. The topological polar surface area (TPSA) is 9.23 Å². The van der Waals surface area contributed by atoms with E-state index in [1.165, 1.54) is 6.04 Å². The number of allylic oxidation sites excluding steroid dienone is 1. The summed E-state index contributed by atoms with van der Waals surface area (Å²) in [6.45, 7) is 48.6. The molecule has 0 aromatic carbocycles. The Kier molecular flexibility index (Phi) is 8.95. The molecule has 4 heteroatoms. The Hall–Kier alpha value is 0.351. The molecule has 0 aromatic rings. The normalized spacial score (nSPS) is 17.6. The lowest BCUT2D eigenvalue weighted by molar-refractivity contribution is 0.361. The van der Waals surface area contributed by atoms with E-state index >= 15 is 0 Å². The summed E-state index contributed by atoms with van der Waals surface area (Å²) in [6.07, 6.45) is 2.34. The van der Waals surface area contributed by atoms with Crippen molar-refractivity contribution in [3.8, 4) is 0 Å². The SMILES string of the molecule is C=CC(C)(C[Si](C(C)(C)C)C(C)(C)C)[Si](O[Si](C)(C)C(C)(C)C)(C(C)(C)C)C(C)(C)C. The van der Waals surface area contributed by atoms with Gasteiger partial charge in [0.25, 0.3) is 0 Å². The molecule has 185 valence electrons. The lowest BCUT2D eigenvalue weighted by Crippen LogP contribution is -2.67. The molecule has 0 aliphatic heterocycles. The molecule has 0 spiro atoms. The first-order chi connectivity index (χ1) is 13.1. The molecule has 0 amide bonds. The van der Waals surface area contributed by atoms with Crippen molar-refractivity contribution in [1.82, 2.24) is 0 Å². The molecule has 0 saturated carbocycles. The molecule has 1 nitrogen and oxygen atoms in total. The molecular formula is C27H59OSi3. The van der Waals surface area contributed by atoms with Crippen molar-refractivity contribution < 1.29 is 4.12 Å². The van der Waals surface area contributed by atoms with Crippen LogP contribution in [0.4, 0.5) is 0 Å². The average molecular weight is 484 g/mol. The maximum absolute atomic E-state index is 7.82. The van der Waals surface area contributed by atoms with Crippen LogP contribution in [-0.4, -0.2) is 25.4 Å². The minimum Gasteiger partial charge on any atom is -0.454 e. The predicted octanol–water partition coefficient (Wildman–Crippen LogP) is 10.6. The van der Waals surface area contributed by atoms with Gasteiger partial charge >= 0.3 is 0 Å². The lowest BCUT2D eigenvalue weighted by atomic mass is 10.2. The van der Waals surface area contributed by atoms with Gasteiger partial charge in [-0.3, -0.25) is 0 Å². The molecule has 1 radical (unpaired) electrons. The Morgan fingerprint density at radius 2 is 0.968 bits per heavy atom. The fourth-order valence-electron chi connectivity index (χ4n) is 6.16. The summed E-state index contributed by atoms with van der Waals surface area (Å²) in [5.74, 6) is 0. The average Bonchev–Trinajstić information content (AvgIpc) is 2.44. The zero-order valence-electron chi connectivity index (χ0n) is 24.9. The van der Waals surface area contributed by atoms with Crippen molar-refractivity contribution >= 4 is 25.4 Å². The van der Waals surface area contributed by atoms with Crippen LogP contribution in [0.3, 0.4) is 0 Å². The van der Waals surface area contributed by atoms with Crippen LogP contribution in [0.15, 0.2) is 12.7 Å². The van der Waals surface area contributed by atoms with Crippen LogP contribution in [0, 0.1) is 0 Å². The number of rotatable bonds is 6. The Morgan fingerprint density at radius 1 is 0.645 bits per heavy atom. The number of hydrogen-bond donors (Lipinski definition) is 0. The molecule has 0 N–H and O–H groups in total. The van der Waals surface area contributed by atoms with Gasteiger partial charge in [0, 0.05) is 5.04 Å². The largest absolute Gasteiger partial charge is 0.454 e. The standard InChI is InChI=1S/C27H59OSi3/c1-20-27(17,21-29(22(2,3)4)23(5,6)7)31(25(11,12)13,26(14,15)16)28-30(18,19)24(8,9)10/h20H,1,21H2,2-19H3. The molecule has 1 unspecified atom stereocenters. The summed E-state index contributed by atoms with van der Waals surface area (Å²) in [7, 11) is -5.19. The van der Waals surface area contributed by atoms with Crippen LogP contribution in [-0.2, 0) is 4.12 Å². The fourth-order valence-corrected chi connectivity index (χ4v) is 25.5. The van der Waals surface area contributed by atoms with E-state index in [1.807, 2.05) is 0 Å². The van der Waals surface area contributed by atoms with E-state index in [-0.39, 0.29) is 20.2 Å². The summed E-state index contributed by atoms with van der Waals surface area (Å²) >= 11 is 0. The van der Waals surface area contributed by atoms with Crippen molar-refractivity contribution in [2.45, 2.75) is 160 Å². The highest BCUT2D eigenvalue weighted by Crippen LogP contribution is 2.68. The number of hydrogen-bond acceptors (Lipinski definition) is 1. The van der Waals surface area contributed by atoms with E-state index in [1.54, 1.807) is 0 Å². The molecule has 0 heterocycles. The van der Waals surface area contributed by atoms with Crippen LogP contribution in [0.2, 0.25) is 49.4 Å². The maximum Gasteiger partial charge on any atom is 0.200 e. The Balaban J connectivity index is 7.26. The molecule has 0 bridgehead atoms. The zero-order chi connectivity index (χ0) is 25.7. The summed E-state index contributed by atoms with van der Waals surface area (Å²) in [6, 6.07) is 1.23. The van der Waals surface area contributed by atoms with Crippen LogP contribution in [0.1, 0.15) is 111 Å². The summed E-state index contributed by atoms with van der Waals surface area (Å²) in [5, 5.41) is 0.999. The molecule has 0 aliphatic carbocycles. The highest BCUT2D eigenvalue weighted by atomic mass is 28.4. The zero-order valence-corrected chi connectivity index (χ0v) is 27.9. The van der Waals surface area contributed by atoms with Gasteiger partial charge in [-0.1, -0.05) is 117 Å². The van der Waals surface area contributed by atoms with Gasteiger partial charge in [0.05, 0.1) is 8.80 Å². The van der Waals surface area contributed by atoms with Gasteiger partial charge in [0.15, 0.2) is 16.6 Å². The predicted molar refractivity (Wildman–Crippen MR) is 152 cm³/mol. The van der Waals surface area contributed by atoms with Gasteiger partial charge in [-0.2, -0.15) is 0 Å². The molecule has 1 atom stereocenters. The molecule has 31 heavy (non-hydrogen) atoms. The summed E-state index contributed by atoms with van der Waals surface area (Å²) in [4.78, 5) is 0. The van der Waals surface area contributed by atoms with Crippen molar-refractivity contribution in [3.05, 3.63) is 12.7 Å². The third-order valence-electron chi connectivity index (χ3n) is 7.94. The molecule has 0 aromatic heterocycles. The third-order valence-corrected chi connectivity index (χ3v) is 26.1. The molecule has 0 fully saturated rings. The van der Waals surface area contributed by atoms with E-state index in [9.17, 15) is 0 Å². The summed E-state index contributed by atoms with van der Waals surface area (Å²) in [5.41, 5.74) is 0. The Bertz CT molecular complexity index is 587. The van der Waals surface area contributed by atoms with E-state index in [0.29, 0.717) is 10.1 Å². The molecular weight excluding hydrogens is 425 g/mol. The van der Waals surface area contributed by atoms with Gasteiger partial charge in [0.2, 0.25) is 0 Å². The Morgan fingerprint density at radius 3 is 1.16 bits per heavy atom. The van der Waals surface area contributed by atoms with Crippen molar-refractivity contribution in [2.24, 2.45) is 0 Å². The van der Waals surface area contributed by atoms with Crippen molar-refractivity contribution in [2.75, 3.05) is 0 Å². The van der Waals surface area contributed by atoms with Gasteiger partial charge in [-0.05, 0) is 44.3 Å². The van der Waals surface area contributed by atoms with Crippen molar-refractivity contribution in [3.63, 3.8) is 0 Å². The fraction of sp³-hybridized carbons (Fsp3) is 0.926. The van der Waals surface area contributed by atoms with Gasteiger partial charge in [-0.15, -0.1) is 6.58 Å². The van der Waals surface area contributed by atoms with Crippen LogP contribution < -0.4 is 0 Å². The van der Waals surface area contributed by atoms with E-state index in [4.69, 9.17) is 4.12 Å². The first-order valence-electron chi connectivity index (χ1n) is 12.3. The second kappa shape index (κ2) is 8.85. The molecule has 0 aliphatic rings. The van der Waals surface area contributed by atoms with E-state index in [0.717, 1.165) is 0 Å². The maximum atomic E-state index is 7.82. The van der Waals surface area contributed by atoms with E-state index in [2.05, 4.69) is 137 Å². The Labute approximate surface area is 202 Å². The minimum atomic E-state index is -2.45. The van der Waals surface area contributed by atoms with Gasteiger partial charge < -0.3 is 4.12 Å². The first kappa shape index (κ1) is 31.4. The monoisotopic (exact) mass is 483 g/mol. The molecule has 0 rings (SSSR count). The van der Waals surface area contributed by atoms with Crippen LogP contribution in [0.25, 0.3) is 0 Å². The van der Waals surface area contributed by atoms with E-state index < -0.39 is 25.4 Å². The van der Waals surface area contributed by atoms with Crippen LogP contribution in [0.5, 0.6) is 0 Å². The highest BCUT2D eigenvalue weighted by molar-refractivity contribution is 6.92. The second-order valence-corrected chi connectivity index (χ2v) is 31.0. The lowest BCUT2D eigenvalue weighted by Gasteiger charge is -2.64. The third kappa shape index (κ3) is 6.27. The van der Waals surface area contributed by atoms with Crippen molar-refractivity contribution in [1.29, 1.82) is 0 Å². The van der Waals surface area contributed by atoms with Gasteiger partial charge in [-0.25, -0.2) is 0 Å². The van der Waals surface area contributed by atoms with Gasteiger partial charge in [0.1, 0.15) is 0 Å². The summed E-state index contributed by atoms with van der Waals surface area (Å²) < 4.78 is 7.82. The van der Waals surface area contributed by atoms with Crippen LogP contribution >= 0.6 is 0 Å².